The van der Waals surface area contributed by atoms with Crippen molar-refractivity contribution in [3.8, 4) is 0 Å². The summed E-state index contributed by atoms with van der Waals surface area (Å²) in [6.07, 6.45) is 0. The zero-order chi connectivity index (χ0) is 21.5. The Bertz CT molecular complexity index is 1270. The topological polar surface area (TPSA) is 54.5 Å². The Morgan fingerprint density at radius 1 is 0.871 bits per heavy atom. The lowest BCUT2D eigenvalue weighted by atomic mass is 9.46. The quantitative estimate of drug-likeness (QED) is 0.566. The van der Waals surface area contributed by atoms with Crippen molar-refractivity contribution in [1.82, 2.24) is 0 Å². The maximum atomic E-state index is 13.9. The molecule has 1 aliphatic heterocycles. The maximum absolute atomic E-state index is 13.9. The van der Waals surface area contributed by atoms with Crippen LogP contribution in [0, 0.1) is 11.8 Å². The van der Waals surface area contributed by atoms with Gasteiger partial charge >= 0.3 is 0 Å². The molecule has 5 heteroatoms. The van der Waals surface area contributed by atoms with Crippen LogP contribution in [0.15, 0.2) is 72.8 Å². The average molecular weight is 428 g/mol. The first-order chi connectivity index (χ1) is 15.0. The van der Waals surface area contributed by atoms with Crippen LogP contribution in [0.2, 0.25) is 5.02 Å². The molecule has 2 bridgehead atoms. The first-order valence-corrected chi connectivity index (χ1v) is 10.7. The van der Waals surface area contributed by atoms with Crippen LogP contribution in [-0.2, 0) is 19.8 Å². The number of Topliss-reactive ketones (excluding diaryl/α,β-unsaturated/α-hetero) is 1. The average Bonchev–Trinajstić information content (AvgIpc) is 3.04. The summed E-state index contributed by atoms with van der Waals surface area (Å²) in [6, 6.07) is 22.3. The van der Waals surface area contributed by atoms with Crippen LogP contribution >= 0.6 is 11.6 Å². The second-order valence-corrected chi connectivity index (χ2v) is 8.95. The van der Waals surface area contributed by atoms with Crippen LogP contribution in [0.1, 0.15) is 35.1 Å². The second kappa shape index (κ2) is 6.14. The first-order valence-electron chi connectivity index (χ1n) is 10.3. The molecule has 0 saturated carbocycles. The number of rotatable bonds is 2. The monoisotopic (exact) mass is 427 g/mol. The van der Waals surface area contributed by atoms with Crippen molar-refractivity contribution in [3.05, 3.63) is 100 Å². The minimum absolute atomic E-state index is 0.116. The number of halogens is 1. The number of nitrogens with zero attached hydrogens (tertiary/aromatic N) is 1. The van der Waals surface area contributed by atoms with E-state index in [0.29, 0.717) is 10.7 Å². The van der Waals surface area contributed by atoms with Gasteiger partial charge in [-0.15, -0.1) is 0 Å². The molecular formula is C26H18ClNO3. The van der Waals surface area contributed by atoms with Crippen molar-refractivity contribution < 1.29 is 14.4 Å². The van der Waals surface area contributed by atoms with Gasteiger partial charge < -0.3 is 0 Å². The number of hydrogen-bond donors (Lipinski definition) is 0. The van der Waals surface area contributed by atoms with Crippen LogP contribution in [0.4, 0.5) is 5.69 Å². The highest BCUT2D eigenvalue weighted by atomic mass is 35.5. The van der Waals surface area contributed by atoms with Gasteiger partial charge in [0.15, 0.2) is 0 Å². The van der Waals surface area contributed by atoms with Crippen LogP contribution in [0.25, 0.3) is 0 Å². The summed E-state index contributed by atoms with van der Waals surface area (Å²) in [5.41, 5.74) is 2.90. The summed E-state index contributed by atoms with van der Waals surface area (Å²) in [5.74, 6) is -2.38. The Kier molecular flexibility index (Phi) is 3.67. The molecule has 0 spiro atoms. The lowest BCUT2D eigenvalue weighted by Crippen LogP contribution is -2.57. The predicted molar refractivity (Wildman–Crippen MR) is 117 cm³/mol. The van der Waals surface area contributed by atoms with Gasteiger partial charge in [-0.05, 0) is 47.4 Å². The molecule has 7 rings (SSSR count). The molecule has 152 valence electrons. The molecule has 3 aromatic rings. The number of imide groups is 1. The molecule has 3 aliphatic carbocycles. The van der Waals surface area contributed by atoms with Gasteiger partial charge in [-0.2, -0.15) is 0 Å². The lowest BCUT2D eigenvalue weighted by molar-refractivity contribution is -0.132. The number of benzene rings is 3. The zero-order valence-corrected chi connectivity index (χ0v) is 17.5. The first kappa shape index (κ1) is 18.5. The summed E-state index contributed by atoms with van der Waals surface area (Å²) in [7, 11) is 0. The third-order valence-electron chi connectivity index (χ3n) is 7.24. The van der Waals surface area contributed by atoms with Crippen molar-refractivity contribution in [2.75, 3.05) is 4.90 Å². The summed E-state index contributed by atoms with van der Waals surface area (Å²) >= 11 is 6.16. The molecule has 0 unspecified atom stereocenters. The summed E-state index contributed by atoms with van der Waals surface area (Å²) in [5, 5.41) is 0.448. The Morgan fingerprint density at radius 3 is 2.06 bits per heavy atom. The minimum Gasteiger partial charge on any atom is -0.299 e. The van der Waals surface area contributed by atoms with Gasteiger partial charge in [0.1, 0.15) is 5.78 Å². The van der Waals surface area contributed by atoms with Gasteiger partial charge in [-0.25, -0.2) is 4.90 Å². The van der Waals surface area contributed by atoms with E-state index in [1.165, 1.54) is 11.8 Å². The smallest absolute Gasteiger partial charge is 0.239 e. The Balaban J connectivity index is 1.68. The van der Waals surface area contributed by atoms with E-state index in [0.717, 1.165) is 22.3 Å². The zero-order valence-electron chi connectivity index (χ0n) is 16.7. The third-order valence-corrected chi connectivity index (χ3v) is 7.47. The van der Waals surface area contributed by atoms with Gasteiger partial charge in [-0.3, -0.25) is 14.4 Å². The molecular weight excluding hydrogens is 410 g/mol. The van der Waals surface area contributed by atoms with Crippen LogP contribution < -0.4 is 4.90 Å². The van der Waals surface area contributed by atoms with Crippen molar-refractivity contribution >= 4 is 34.9 Å². The van der Waals surface area contributed by atoms with E-state index in [1.54, 1.807) is 24.3 Å². The van der Waals surface area contributed by atoms with Crippen LogP contribution in [0.5, 0.6) is 0 Å². The fourth-order valence-electron chi connectivity index (χ4n) is 6.24. The summed E-state index contributed by atoms with van der Waals surface area (Å²) < 4.78 is 0. The minimum atomic E-state index is -1.17. The van der Waals surface area contributed by atoms with E-state index in [9.17, 15) is 14.4 Å². The summed E-state index contributed by atoms with van der Waals surface area (Å²) in [4.78, 5) is 42.4. The molecule has 2 atom stereocenters. The van der Waals surface area contributed by atoms with Crippen molar-refractivity contribution in [2.45, 2.75) is 18.3 Å². The third kappa shape index (κ3) is 2.08. The van der Waals surface area contributed by atoms with Crippen molar-refractivity contribution in [2.24, 2.45) is 11.8 Å². The predicted octanol–water partition coefficient (Wildman–Crippen LogP) is 4.48. The van der Waals surface area contributed by atoms with E-state index < -0.39 is 17.3 Å². The Labute approximate surface area is 184 Å². The molecule has 3 aromatic carbocycles. The SMILES string of the molecule is CC(=O)C12c3ccccc3C(c3ccccc31)[C@@H]1C(=O)N(c3cccc(Cl)c3)C(=O)[C@@H]12. The molecule has 31 heavy (non-hydrogen) atoms. The fraction of sp³-hybridized carbons (Fsp3) is 0.192. The molecule has 0 aromatic heterocycles. The second-order valence-electron chi connectivity index (χ2n) is 8.51. The van der Waals surface area contributed by atoms with Crippen molar-refractivity contribution in [1.29, 1.82) is 0 Å². The Hall–Kier alpha value is -3.24. The van der Waals surface area contributed by atoms with E-state index in [-0.39, 0.29) is 23.5 Å². The Morgan fingerprint density at radius 2 is 1.48 bits per heavy atom. The number of anilines is 1. The molecule has 4 aliphatic rings. The maximum Gasteiger partial charge on any atom is 0.239 e. The molecule has 2 amide bonds. The molecule has 1 heterocycles. The molecule has 0 N–H and O–H groups in total. The number of hydrogen-bond acceptors (Lipinski definition) is 3. The van der Waals surface area contributed by atoms with Crippen LogP contribution in [-0.4, -0.2) is 17.6 Å². The fourth-order valence-corrected chi connectivity index (χ4v) is 6.42. The van der Waals surface area contributed by atoms with E-state index in [4.69, 9.17) is 11.6 Å². The largest absolute Gasteiger partial charge is 0.299 e. The van der Waals surface area contributed by atoms with E-state index >= 15 is 0 Å². The number of carbonyl (C=O) groups excluding carboxylic acids is 3. The normalized spacial score (nSPS) is 27.7. The lowest BCUT2D eigenvalue weighted by Gasteiger charge is -2.52. The van der Waals surface area contributed by atoms with Gasteiger partial charge in [0.25, 0.3) is 0 Å². The molecule has 0 radical (unpaired) electrons. The van der Waals surface area contributed by atoms with Gasteiger partial charge in [0, 0.05) is 10.9 Å². The number of carbonyl (C=O) groups is 3. The molecule has 1 saturated heterocycles. The standard InChI is InChI=1S/C26H18ClNO3/c1-14(29)26-19-11-4-2-9-17(19)21(18-10-3-5-12-20(18)26)22-23(26)25(31)28(24(22)30)16-8-6-7-15(27)13-16/h2-13,21-23H,1H3/t21?,22-,23+,26?/m0/s1. The number of ketones is 1. The highest BCUT2D eigenvalue weighted by molar-refractivity contribution is 6.31. The van der Waals surface area contributed by atoms with Crippen LogP contribution in [0.3, 0.4) is 0 Å². The van der Waals surface area contributed by atoms with Crippen molar-refractivity contribution in [3.63, 3.8) is 0 Å². The molecule has 4 nitrogen and oxygen atoms in total. The summed E-state index contributed by atoms with van der Waals surface area (Å²) in [6.45, 7) is 1.54. The van der Waals surface area contributed by atoms with Gasteiger partial charge in [-0.1, -0.05) is 66.2 Å². The van der Waals surface area contributed by atoms with E-state index in [1.807, 2.05) is 48.5 Å². The highest BCUT2D eigenvalue weighted by Crippen LogP contribution is 2.64. The van der Waals surface area contributed by atoms with E-state index in [2.05, 4.69) is 0 Å². The van der Waals surface area contributed by atoms with Gasteiger partial charge in [0.2, 0.25) is 11.8 Å². The molecule has 1 fully saturated rings. The highest BCUT2D eigenvalue weighted by Gasteiger charge is 2.69. The number of amides is 2. The van der Waals surface area contributed by atoms with Gasteiger partial charge in [0.05, 0.1) is 22.9 Å².